The van der Waals surface area contributed by atoms with Gasteiger partial charge in [-0.2, -0.15) is 0 Å². The summed E-state index contributed by atoms with van der Waals surface area (Å²) in [7, 11) is 0. The molecule has 1 aromatic heterocycles. The predicted molar refractivity (Wildman–Crippen MR) is 69.7 cm³/mol. The molecule has 0 aromatic carbocycles. The molecule has 2 aliphatic rings. The van der Waals surface area contributed by atoms with Gasteiger partial charge in [0.2, 0.25) is 0 Å². The Kier molecular flexibility index (Phi) is 3.22. The lowest BCUT2D eigenvalue weighted by molar-refractivity contribution is 0.0627. The zero-order valence-corrected chi connectivity index (χ0v) is 10.9. The number of halogens is 1. The molecule has 0 bridgehead atoms. The third-order valence-electron chi connectivity index (χ3n) is 3.64. The molecule has 2 fully saturated rings. The van der Waals surface area contributed by atoms with Gasteiger partial charge < -0.3 is 4.90 Å². The van der Waals surface area contributed by atoms with E-state index in [1.807, 2.05) is 4.90 Å². The fourth-order valence-electron chi connectivity index (χ4n) is 2.45. The zero-order chi connectivity index (χ0) is 12.5. The van der Waals surface area contributed by atoms with E-state index in [1.165, 1.54) is 12.8 Å². The van der Waals surface area contributed by atoms with Crippen molar-refractivity contribution in [2.24, 2.45) is 0 Å². The van der Waals surface area contributed by atoms with Crippen molar-refractivity contribution in [3.63, 3.8) is 0 Å². The Balaban J connectivity index is 1.63. The summed E-state index contributed by atoms with van der Waals surface area (Å²) in [5.74, 6) is 0.0646. The molecule has 0 atom stereocenters. The van der Waals surface area contributed by atoms with E-state index >= 15 is 0 Å². The van der Waals surface area contributed by atoms with Crippen LogP contribution < -0.4 is 0 Å². The Labute approximate surface area is 112 Å². The van der Waals surface area contributed by atoms with Crippen LogP contribution in [0.15, 0.2) is 18.3 Å². The normalized spacial score (nSPS) is 21.1. The standard InChI is InChI=1S/C13H16ClN3O/c14-12-9-10(3-4-15-12)13(18)17-7-5-16(6-8-17)11-1-2-11/h3-4,9,11H,1-2,5-8H2. The number of rotatable bonds is 2. The molecule has 1 aromatic rings. The Morgan fingerprint density at radius 1 is 1.28 bits per heavy atom. The van der Waals surface area contributed by atoms with E-state index in [9.17, 15) is 4.79 Å². The van der Waals surface area contributed by atoms with Crippen molar-refractivity contribution < 1.29 is 4.79 Å². The molecular formula is C13H16ClN3O. The number of aromatic nitrogens is 1. The summed E-state index contributed by atoms with van der Waals surface area (Å²) in [6.07, 6.45) is 4.23. The smallest absolute Gasteiger partial charge is 0.254 e. The average Bonchev–Trinajstić information content (AvgIpc) is 3.22. The van der Waals surface area contributed by atoms with E-state index < -0.39 is 0 Å². The maximum atomic E-state index is 12.3. The maximum absolute atomic E-state index is 12.3. The Morgan fingerprint density at radius 3 is 2.61 bits per heavy atom. The molecule has 1 aliphatic heterocycles. The van der Waals surface area contributed by atoms with Crippen LogP contribution in [0, 0.1) is 0 Å². The summed E-state index contributed by atoms with van der Waals surface area (Å²) < 4.78 is 0. The van der Waals surface area contributed by atoms with Crippen LogP contribution in [0.3, 0.4) is 0 Å². The quantitative estimate of drug-likeness (QED) is 0.763. The van der Waals surface area contributed by atoms with E-state index in [0.29, 0.717) is 10.7 Å². The highest BCUT2D eigenvalue weighted by molar-refractivity contribution is 6.29. The van der Waals surface area contributed by atoms with E-state index in [0.717, 1.165) is 32.2 Å². The summed E-state index contributed by atoms with van der Waals surface area (Å²) in [5.41, 5.74) is 0.634. The monoisotopic (exact) mass is 265 g/mol. The molecule has 3 rings (SSSR count). The van der Waals surface area contributed by atoms with Gasteiger partial charge in [0.1, 0.15) is 5.15 Å². The Hall–Kier alpha value is -1.13. The van der Waals surface area contributed by atoms with Crippen molar-refractivity contribution in [2.75, 3.05) is 26.2 Å². The lowest BCUT2D eigenvalue weighted by atomic mass is 10.2. The van der Waals surface area contributed by atoms with Crippen molar-refractivity contribution in [2.45, 2.75) is 18.9 Å². The van der Waals surface area contributed by atoms with Gasteiger partial charge >= 0.3 is 0 Å². The fraction of sp³-hybridized carbons (Fsp3) is 0.538. The van der Waals surface area contributed by atoms with E-state index in [2.05, 4.69) is 9.88 Å². The van der Waals surface area contributed by atoms with Crippen LogP contribution in [0.4, 0.5) is 0 Å². The third kappa shape index (κ3) is 2.49. The number of piperazine rings is 1. The number of hydrogen-bond donors (Lipinski definition) is 0. The number of hydrogen-bond acceptors (Lipinski definition) is 3. The van der Waals surface area contributed by atoms with Gasteiger partial charge in [0.05, 0.1) is 0 Å². The number of amides is 1. The predicted octanol–water partition coefficient (Wildman–Crippen LogP) is 1.66. The average molecular weight is 266 g/mol. The first-order valence-corrected chi connectivity index (χ1v) is 6.77. The van der Waals surface area contributed by atoms with Gasteiger partial charge in [0.25, 0.3) is 5.91 Å². The minimum Gasteiger partial charge on any atom is -0.336 e. The Morgan fingerprint density at radius 2 is 2.00 bits per heavy atom. The number of carbonyl (C=O) groups excluding carboxylic acids is 1. The molecule has 4 nitrogen and oxygen atoms in total. The molecule has 1 amide bonds. The highest BCUT2D eigenvalue weighted by atomic mass is 35.5. The first-order valence-electron chi connectivity index (χ1n) is 6.39. The highest BCUT2D eigenvalue weighted by Crippen LogP contribution is 2.27. The molecule has 5 heteroatoms. The van der Waals surface area contributed by atoms with Crippen molar-refractivity contribution in [3.8, 4) is 0 Å². The number of nitrogens with zero attached hydrogens (tertiary/aromatic N) is 3. The van der Waals surface area contributed by atoms with E-state index in [-0.39, 0.29) is 5.91 Å². The minimum absolute atomic E-state index is 0.0646. The topological polar surface area (TPSA) is 36.4 Å². The highest BCUT2D eigenvalue weighted by Gasteiger charge is 2.32. The summed E-state index contributed by atoms with van der Waals surface area (Å²) >= 11 is 5.81. The summed E-state index contributed by atoms with van der Waals surface area (Å²) in [6.45, 7) is 3.62. The third-order valence-corrected chi connectivity index (χ3v) is 3.84. The molecule has 96 valence electrons. The van der Waals surface area contributed by atoms with E-state index in [4.69, 9.17) is 11.6 Å². The first-order chi connectivity index (χ1) is 8.74. The fourth-order valence-corrected chi connectivity index (χ4v) is 2.62. The van der Waals surface area contributed by atoms with Gasteiger partial charge in [-0.3, -0.25) is 9.69 Å². The van der Waals surface area contributed by atoms with Gasteiger partial charge in [-0.25, -0.2) is 4.98 Å². The lowest BCUT2D eigenvalue weighted by Gasteiger charge is -2.34. The minimum atomic E-state index is 0.0646. The van der Waals surface area contributed by atoms with Crippen LogP contribution in [-0.4, -0.2) is 52.9 Å². The largest absolute Gasteiger partial charge is 0.336 e. The van der Waals surface area contributed by atoms with Crippen molar-refractivity contribution in [1.29, 1.82) is 0 Å². The molecule has 0 unspecified atom stereocenters. The number of carbonyl (C=O) groups is 1. The molecule has 18 heavy (non-hydrogen) atoms. The molecule has 0 spiro atoms. The van der Waals surface area contributed by atoms with Crippen LogP contribution in [0.2, 0.25) is 5.15 Å². The van der Waals surface area contributed by atoms with Crippen LogP contribution in [0.5, 0.6) is 0 Å². The molecule has 1 saturated heterocycles. The van der Waals surface area contributed by atoms with Gasteiger partial charge in [0.15, 0.2) is 0 Å². The Bertz CT molecular complexity index is 453. The second-order valence-corrected chi connectivity index (χ2v) is 5.31. The van der Waals surface area contributed by atoms with Gasteiger partial charge in [0, 0.05) is 44.0 Å². The summed E-state index contributed by atoms with van der Waals surface area (Å²) in [5, 5.41) is 0.373. The van der Waals surface area contributed by atoms with Crippen LogP contribution in [-0.2, 0) is 0 Å². The second kappa shape index (κ2) is 4.86. The molecule has 0 N–H and O–H groups in total. The van der Waals surface area contributed by atoms with Gasteiger partial charge in [-0.05, 0) is 25.0 Å². The van der Waals surface area contributed by atoms with Crippen molar-refractivity contribution >= 4 is 17.5 Å². The molecular weight excluding hydrogens is 250 g/mol. The van der Waals surface area contributed by atoms with Crippen LogP contribution >= 0.6 is 11.6 Å². The zero-order valence-electron chi connectivity index (χ0n) is 10.2. The molecule has 0 radical (unpaired) electrons. The van der Waals surface area contributed by atoms with Crippen LogP contribution in [0.1, 0.15) is 23.2 Å². The van der Waals surface area contributed by atoms with Gasteiger partial charge in [-0.15, -0.1) is 0 Å². The second-order valence-electron chi connectivity index (χ2n) is 4.93. The molecule has 1 saturated carbocycles. The first kappa shape index (κ1) is 11.9. The van der Waals surface area contributed by atoms with Crippen LogP contribution in [0.25, 0.3) is 0 Å². The maximum Gasteiger partial charge on any atom is 0.254 e. The summed E-state index contributed by atoms with van der Waals surface area (Å²) in [6, 6.07) is 4.15. The number of pyridine rings is 1. The van der Waals surface area contributed by atoms with Crippen molar-refractivity contribution in [3.05, 3.63) is 29.0 Å². The summed E-state index contributed by atoms with van der Waals surface area (Å²) in [4.78, 5) is 20.6. The van der Waals surface area contributed by atoms with Crippen molar-refractivity contribution in [1.82, 2.24) is 14.8 Å². The molecule has 2 heterocycles. The molecule has 1 aliphatic carbocycles. The lowest BCUT2D eigenvalue weighted by Crippen LogP contribution is -2.49. The van der Waals surface area contributed by atoms with Gasteiger partial charge in [-0.1, -0.05) is 11.6 Å². The SMILES string of the molecule is O=C(c1ccnc(Cl)c1)N1CCN(C2CC2)CC1. The van der Waals surface area contributed by atoms with E-state index in [1.54, 1.807) is 18.3 Å².